The fourth-order valence-corrected chi connectivity index (χ4v) is 1.47. The van der Waals surface area contributed by atoms with Crippen molar-refractivity contribution in [2.24, 2.45) is 10.9 Å². The minimum absolute atomic E-state index is 0.0882. The number of hydrazine groups is 1. The Morgan fingerprint density at radius 2 is 2.38 bits per heavy atom. The average molecular weight is 221 g/mol. The third-order valence-electron chi connectivity index (χ3n) is 2.18. The third-order valence-corrected chi connectivity index (χ3v) is 2.18. The van der Waals surface area contributed by atoms with Crippen molar-refractivity contribution in [3.05, 3.63) is 39.9 Å². The number of rotatable bonds is 3. The van der Waals surface area contributed by atoms with Crippen LogP contribution in [0.25, 0.3) is 0 Å². The van der Waals surface area contributed by atoms with Crippen LogP contribution in [0.4, 0.5) is 5.69 Å². The Kier molecular flexibility index (Phi) is 2.69. The lowest BCUT2D eigenvalue weighted by Crippen LogP contribution is -2.31. The summed E-state index contributed by atoms with van der Waals surface area (Å²) < 4.78 is 0. The Balaban J connectivity index is 2.07. The molecule has 0 saturated carbocycles. The summed E-state index contributed by atoms with van der Waals surface area (Å²) >= 11 is 0. The van der Waals surface area contributed by atoms with Crippen LogP contribution >= 0.6 is 0 Å². The molecule has 0 unspecified atom stereocenters. The number of nitrogens with zero attached hydrogens (tertiary/aromatic N) is 4. The van der Waals surface area contributed by atoms with Crippen LogP contribution in [0.15, 0.2) is 29.4 Å². The number of benzene rings is 1. The van der Waals surface area contributed by atoms with Gasteiger partial charge < -0.3 is 0 Å². The van der Waals surface area contributed by atoms with Gasteiger partial charge in [0.1, 0.15) is 13.0 Å². The van der Waals surface area contributed by atoms with Crippen LogP contribution in [0.3, 0.4) is 0 Å². The maximum absolute atomic E-state index is 10.6. The molecule has 2 N–H and O–H groups in total. The number of non-ortho nitro benzene ring substituents is 1. The van der Waals surface area contributed by atoms with E-state index < -0.39 is 4.92 Å². The van der Waals surface area contributed by atoms with Crippen molar-refractivity contribution >= 4 is 12.0 Å². The summed E-state index contributed by atoms with van der Waals surface area (Å²) in [6, 6.07) is 6.48. The second-order valence-corrected chi connectivity index (χ2v) is 3.48. The highest BCUT2D eigenvalue weighted by molar-refractivity contribution is 5.55. The van der Waals surface area contributed by atoms with Crippen LogP contribution in [-0.4, -0.2) is 27.9 Å². The number of hydrogen-bond acceptors (Lipinski definition) is 6. The second kappa shape index (κ2) is 4.15. The fraction of sp³-hybridized carbons (Fsp3) is 0.222. The highest BCUT2D eigenvalue weighted by Crippen LogP contribution is 2.15. The van der Waals surface area contributed by atoms with E-state index in [1.807, 2.05) is 6.07 Å². The molecule has 1 aromatic carbocycles. The zero-order chi connectivity index (χ0) is 11.5. The quantitative estimate of drug-likeness (QED) is 0.456. The first-order valence-corrected chi connectivity index (χ1v) is 4.69. The molecule has 0 fully saturated rings. The van der Waals surface area contributed by atoms with Gasteiger partial charge in [-0.3, -0.25) is 20.1 Å². The van der Waals surface area contributed by atoms with Gasteiger partial charge in [0, 0.05) is 12.1 Å². The first kappa shape index (κ1) is 10.4. The van der Waals surface area contributed by atoms with Gasteiger partial charge in [-0.05, 0) is 5.56 Å². The van der Waals surface area contributed by atoms with Gasteiger partial charge in [0.15, 0.2) is 0 Å². The van der Waals surface area contributed by atoms with E-state index in [2.05, 4.69) is 5.10 Å². The van der Waals surface area contributed by atoms with Crippen LogP contribution in [0.1, 0.15) is 5.56 Å². The van der Waals surface area contributed by atoms with Crippen molar-refractivity contribution in [2.45, 2.75) is 6.54 Å². The lowest BCUT2D eigenvalue weighted by atomic mass is 10.2. The summed E-state index contributed by atoms with van der Waals surface area (Å²) in [7, 11) is 0. The van der Waals surface area contributed by atoms with Crippen LogP contribution in [0.5, 0.6) is 0 Å². The molecule has 1 heterocycles. The van der Waals surface area contributed by atoms with E-state index in [0.717, 1.165) is 5.56 Å². The Hall–Kier alpha value is -2.15. The van der Waals surface area contributed by atoms with E-state index in [-0.39, 0.29) is 5.69 Å². The Labute approximate surface area is 91.9 Å². The first-order valence-electron chi connectivity index (χ1n) is 4.69. The number of nitro benzene ring substituents is 1. The minimum Gasteiger partial charge on any atom is -0.278 e. The summed E-state index contributed by atoms with van der Waals surface area (Å²) in [5, 5.41) is 17.8. The van der Waals surface area contributed by atoms with Gasteiger partial charge >= 0.3 is 0 Å². The number of nitro groups is 1. The van der Waals surface area contributed by atoms with Crippen LogP contribution in [0, 0.1) is 10.1 Å². The topological polar surface area (TPSA) is 88.0 Å². The smallest absolute Gasteiger partial charge is 0.269 e. The van der Waals surface area contributed by atoms with Crippen molar-refractivity contribution in [1.29, 1.82) is 0 Å². The predicted molar refractivity (Wildman–Crippen MR) is 58.0 cm³/mol. The summed E-state index contributed by atoms with van der Waals surface area (Å²) in [5.41, 5.74) is 0.923. The van der Waals surface area contributed by atoms with Crippen LogP contribution in [-0.2, 0) is 6.54 Å². The lowest BCUT2D eigenvalue weighted by molar-refractivity contribution is -0.384. The maximum Gasteiger partial charge on any atom is 0.269 e. The highest BCUT2D eigenvalue weighted by atomic mass is 16.6. The lowest BCUT2D eigenvalue weighted by Gasteiger charge is -2.15. The Morgan fingerprint density at radius 1 is 1.56 bits per heavy atom. The van der Waals surface area contributed by atoms with Gasteiger partial charge in [0.25, 0.3) is 5.69 Å². The van der Waals surface area contributed by atoms with Gasteiger partial charge in [-0.2, -0.15) is 5.10 Å². The largest absolute Gasteiger partial charge is 0.278 e. The highest BCUT2D eigenvalue weighted by Gasteiger charge is 2.12. The zero-order valence-corrected chi connectivity index (χ0v) is 8.48. The molecule has 7 heteroatoms. The summed E-state index contributed by atoms with van der Waals surface area (Å²) in [6.07, 6.45) is 1.51. The van der Waals surface area contributed by atoms with E-state index in [1.165, 1.54) is 23.5 Å². The van der Waals surface area contributed by atoms with Crippen molar-refractivity contribution in [2.75, 3.05) is 6.67 Å². The normalized spacial score (nSPS) is 14.6. The number of hydrogen-bond donors (Lipinski definition) is 1. The molecule has 1 aromatic rings. The molecular formula is C9H11N5O2. The molecule has 7 nitrogen and oxygen atoms in total. The first-order chi connectivity index (χ1) is 7.65. The number of nitrogens with two attached hydrogens (primary N) is 1. The Bertz CT molecular complexity index is 434. The van der Waals surface area contributed by atoms with Crippen LogP contribution in [0.2, 0.25) is 0 Å². The average Bonchev–Trinajstić information content (AvgIpc) is 2.64. The molecule has 0 aliphatic carbocycles. The second-order valence-electron chi connectivity index (χ2n) is 3.48. The molecule has 2 rings (SSSR count). The van der Waals surface area contributed by atoms with Gasteiger partial charge in [-0.15, -0.1) is 0 Å². The minimum atomic E-state index is -0.411. The van der Waals surface area contributed by atoms with E-state index in [0.29, 0.717) is 13.2 Å². The number of hydrazone groups is 1. The molecule has 0 amide bonds. The molecular weight excluding hydrogens is 210 g/mol. The van der Waals surface area contributed by atoms with E-state index >= 15 is 0 Å². The molecule has 0 radical (unpaired) electrons. The standard InChI is InChI=1S/C9H11N5O2/c10-12-6-11-13(7-12)5-8-2-1-3-9(4-8)14(15)16/h1-4,6H,5,7,10H2. The maximum atomic E-state index is 10.6. The SMILES string of the molecule is NN1C=NN(Cc2cccc([N+](=O)[O-])c2)C1. The summed E-state index contributed by atoms with van der Waals surface area (Å²) in [5.74, 6) is 5.49. The molecule has 0 atom stereocenters. The Morgan fingerprint density at radius 3 is 3.00 bits per heavy atom. The zero-order valence-electron chi connectivity index (χ0n) is 8.48. The van der Waals surface area contributed by atoms with E-state index in [1.54, 1.807) is 11.1 Å². The van der Waals surface area contributed by atoms with Crippen molar-refractivity contribution in [3.63, 3.8) is 0 Å². The molecule has 1 aliphatic heterocycles. The summed E-state index contributed by atoms with van der Waals surface area (Å²) in [6.45, 7) is 0.995. The van der Waals surface area contributed by atoms with Crippen molar-refractivity contribution in [3.8, 4) is 0 Å². The summed E-state index contributed by atoms with van der Waals surface area (Å²) in [4.78, 5) is 10.2. The third kappa shape index (κ3) is 2.26. The fourth-order valence-electron chi connectivity index (χ4n) is 1.47. The van der Waals surface area contributed by atoms with E-state index in [9.17, 15) is 10.1 Å². The van der Waals surface area contributed by atoms with Gasteiger partial charge in [0.2, 0.25) is 0 Å². The van der Waals surface area contributed by atoms with Gasteiger partial charge in [-0.25, -0.2) is 5.84 Å². The van der Waals surface area contributed by atoms with Gasteiger partial charge in [-0.1, -0.05) is 12.1 Å². The van der Waals surface area contributed by atoms with Crippen LogP contribution < -0.4 is 5.84 Å². The van der Waals surface area contributed by atoms with E-state index in [4.69, 9.17) is 5.84 Å². The molecule has 0 aromatic heterocycles. The van der Waals surface area contributed by atoms with Crippen molar-refractivity contribution in [1.82, 2.24) is 10.0 Å². The molecule has 0 spiro atoms. The monoisotopic (exact) mass is 221 g/mol. The molecule has 0 bridgehead atoms. The molecule has 16 heavy (non-hydrogen) atoms. The molecule has 0 saturated heterocycles. The predicted octanol–water partition coefficient (Wildman–Crippen LogP) is 0.487. The molecule has 1 aliphatic rings. The van der Waals surface area contributed by atoms with Gasteiger partial charge in [0.05, 0.1) is 11.5 Å². The molecule has 84 valence electrons. The van der Waals surface area contributed by atoms with Crippen molar-refractivity contribution < 1.29 is 4.92 Å².